The molecule has 2 amide bonds. The van der Waals surface area contributed by atoms with Gasteiger partial charge in [-0.1, -0.05) is 19.1 Å². The molecule has 1 aromatic carbocycles. The molecule has 1 aromatic rings. The minimum absolute atomic E-state index is 0.000166. The highest BCUT2D eigenvalue weighted by Gasteiger charge is 2.06. The molecule has 0 saturated carbocycles. The number of halogens is 1. The smallest absolute Gasteiger partial charge is 0.243 e. The van der Waals surface area contributed by atoms with Gasteiger partial charge in [-0.05, 0) is 34.5 Å². The van der Waals surface area contributed by atoms with E-state index in [4.69, 9.17) is 0 Å². The minimum atomic E-state index is -0.235. The van der Waals surface area contributed by atoms with Crippen LogP contribution in [0.3, 0.4) is 0 Å². The van der Waals surface area contributed by atoms with E-state index >= 15 is 0 Å². The number of carbonyl (C=O) groups excluding carboxylic acids is 2. The van der Waals surface area contributed by atoms with Gasteiger partial charge < -0.3 is 10.6 Å². The van der Waals surface area contributed by atoms with Crippen LogP contribution >= 0.6 is 15.9 Å². The molecule has 0 aromatic heterocycles. The summed E-state index contributed by atoms with van der Waals surface area (Å²) in [6.07, 6.45) is 1.22. The standard InChI is InChI=1S/C12H15BrN2O2/c1-2-5-11(16)14-8-12(17)15-10-7-4-3-6-9(10)13/h3-4,6-7H,2,5,8H2,1H3,(H,14,16)(H,15,17). The average molecular weight is 299 g/mol. The SMILES string of the molecule is CCCC(=O)NCC(=O)Nc1ccccc1Br. The number of anilines is 1. The van der Waals surface area contributed by atoms with Gasteiger partial charge in [0.05, 0.1) is 12.2 Å². The fourth-order valence-corrected chi connectivity index (χ4v) is 1.64. The fraction of sp³-hybridized carbons (Fsp3) is 0.333. The highest BCUT2D eigenvalue weighted by Crippen LogP contribution is 2.20. The molecule has 92 valence electrons. The third-order valence-corrected chi connectivity index (χ3v) is 2.76. The molecule has 2 N–H and O–H groups in total. The van der Waals surface area contributed by atoms with Gasteiger partial charge >= 0.3 is 0 Å². The molecule has 1 rings (SSSR count). The molecule has 0 unspecified atom stereocenters. The van der Waals surface area contributed by atoms with Crippen molar-refractivity contribution in [3.8, 4) is 0 Å². The number of rotatable bonds is 5. The Morgan fingerprint density at radius 3 is 2.59 bits per heavy atom. The summed E-state index contributed by atoms with van der Waals surface area (Å²) in [5, 5.41) is 5.26. The second kappa shape index (κ2) is 7.06. The molecular weight excluding hydrogens is 284 g/mol. The fourth-order valence-electron chi connectivity index (χ4n) is 1.25. The summed E-state index contributed by atoms with van der Waals surface area (Å²) in [5.41, 5.74) is 0.697. The van der Waals surface area contributed by atoms with Crippen LogP contribution in [0.4, 0.5) is 5.69 Å². The van der Waals surface area contributed by atoms with Crippen molar-refractivity contribution in [1.82, 2.24) is 5.32 Å². The van der Waals surface area contributed by atoms with Crippen molar-refractivity contribution >= 4 is 33.4 Å². The lowest BCUT2D eigenvalue weighted by Crippen LogP contribution is -2.32. The summed E-state index contributed by atoms with van der Waals surface area (Å²) in [7, 11) is 0. The molecule has 5 heteroatoms. The summed E-state index contributed by atoms with van der Waals surface area (Å²) < 4.78 is 0.813. The van der Waals surface area contributed by atoms with Crippen LogP contribution in [0, 0.1) is 0 Å². The Labute approximate surface area is 109 Å². The second-order valence-electron chi connectivity index (χ2n) is 3.55. The van der Waals surface area contributed by atoms with E-state index in [1.165, 1.54) is 0 Å². The zero-order chi connectivity index (χ0) is 12.7. The Morgan fingerprint density at radius 1 is 1.24 bits per heavy atom. The number of hydrogen-bond donors (Lipinski definition) is 2. The first-order chi connectivity index (χ1) is 8.13. The van der Waals surface area contributed by atoms with E-state index in [0.29, 0.717) is 12.1 Å². The van der Waals surface area contributed by atoms with Crippen molar-refractivity contribution in [3.63, 3.8) is 0 Å². The predicted molar refractivity (Wildman–Crippen MR) is 70.7 cm³/mol. The Bertz CT molecular complexity index is 407. The Kier molecular flexibility index (Phi) is 5.69. The largest absolute Gasteiger partial charge is 0.347 e. The first kappa shape index (κ1) is 13.7. The highest BCUT2D eigenvalue weighted by atomic mass is 79.9. The van der Waals surface area contributed by atoms with E-state index in [1.807, 2.05) is 25.1 Å². The van der Waals surface area contributed by atoms with Gasteiger partial charge in [-0.2, -0.15) is 0 Å². The first-order valence-electron chi connectivity index (χ1n) is 5.44. The molecule has 0 heterocycles. The van der Waals surface area contributed by atoms with Gasteiger partial charge in [-0.25, -0.2) is 0 Å². The molecule has 17 heavy (non-hydrogen) atoms. The van der Waals surface area contributed by atoms with Gasteiger partial charge in [-0.3, -0.25) is 9.59 Å². The zero-order valence-electron chi connectivity index (χ0n) is 9.63. The molecule has 0 aliphatic rings. The molecular formula is C12H15BrN2O2. The summed E-state index contributed by atoms with van der Waals surface area (Å²) in [6, 6.07) is 7.32. The van der Waals surface area contributed by atoms with Crippen LogP contribution in [0.5, 0.6) is 0 Å². The van der Waals surface area contributed by atoms with E-state index in [9.17, 15) is 9.59 Å². The van der Waals surface area contributed by atoms with Gasteiger partial charge in [0.1, 0.15) is 0 Å². The molecule has 0 atom stereocenters. The lowest BCUT2D eigenvalue weighted by molar-refractivity contribution is -0.124. The van der Waals surface area contributed by atoms with Crippen molar-refractivity contribution in [2.45, 2.75) is 19.8 Å². The third-order valence-electron chi connectivity index (χ3n) is 2.07. The number of carbonyl (C=O) groups is 2. The highest BCUT2D eigenvalue weighted by molar-refractivity contribution is 9.10. The van der Waals surface area contributed by atoms with Crippen LogP contribution in [-0.4, -0.2) is 18.4 Å². The number of nitrogens with one attached hydrogen (secondary N) is 2. The Morgan fingerprint density at radius 2 is 1.94 bits per heavy atom. The van der Waals surface area contributed by atoms with Gasteiger partial charge in [0.2, 0.25) is 11.8 Å². The summed E-state index contributed by atoms with van der Waals surface area (Å²) in [5.74, 6) is -0.337. The number of benzene rings is 1. The molecule has 0 aliphatic heterocycles. The molecule has 4 nitrogen and oxygen atoms in total. The maximum absolute atomic E-state index is 11.5. The van der Waals surface area contributed by atoms with E-state index in [0.717, 1.165) is 10.9 Å². The maximum Gasteiger partial charge on any atom is 0.243 e. The van der Waals surface area contributed by atoms with Crippen molar-refractivity contribution < 1.29 is 9.59 Å². The van der Waals surface area contributed by atoms with Crippen LogP contribution in [0.15, 0.2) is 28.7 Å². The van der Waals surface area contributed by atoms with E-state index in [1.54, 1.807) is 6.07 Å². The second-order valence-corrected chi connectivity index (χ2v) is 4.41. The van der Waals surface area contributed by atoms with Crippen LogP contribution in [0.2, 0.25) is 0 Å². The zero-order valence-corrected chi connectivity index (χ0v) is 11.2. The summed E-state index contributed by atoms with van der Waals surface area (Å²) in [6.45, 7) is 1.92. The Balaban J connectivity index is 2.40. The van der Waals surface area contributed by atoms with Crippen LogP contribution in [0.1, 0.15) is 19.8 Å². The number of para-hydroxylation sites is 1. The van der Waals surface area contributed by atoms with Crippen molar-refractivity contribution in [1.29, 1.82) is 0 Å². The van der Waals surface area contributed by atoms with Crippen molar-refractivity contribution in [2.24, 2.45) is 0 Å². The van der Waals surface area contributed by atoms with E-state index in [-0.39, 0.29) is 18.4 Å². The van der Waals surface area contributed by atoms with Crippen molar-refractivity contribution in [2.75, 3.05) is 11.9 Å². The lowest BCUT2D eigenvalue weighted by Gasteiger charge is -2.07. The molecule has 0 radical (unpaired) electrons. The first-order valence-corrected chi connectivity index (χ1v) is 6.24. The maximum atomic E-state index is 11.5. The van der Waals surface area contributed by atoms with Gasteiger partial charge in [0.25, 0.3) is 0 Å². The summed E-state index contributed by atoms with van der Waals surface area (Å²) in [4.78, 5) is 22.7. The number of hydrogen-bond acceptors (Lipinski definition) is 2. The lowest BCUT2D eigenvalue weighted by atomic mass is 10.3. The van der Waals surface area contributed by atoms with Crippen molar-refractivity contribution in [3.05, 3.63) is 28.7 Å². The van der Waals surface area contributed by atoms with Gasteiger partial charge in [0.15, 0.2) is 0 Å². The molecule has 0 bridgehead atoms. The van der Waals surface area contributed by atoms with Crippen LogP contribution in [-0.2, 0) is 9.59 Å². The van der Waals surface area contributed by atoms with Crippen LogP contribution in [0.25, 0.3) is 0 Å². The molecule has 0 aliphatic carbocycles. The minimum Gasteiger partial charge on any atom is -0.347 e. The average Bonchev–Trinajstić information content (AvgIpc) is 2.30. The van der Waals surface area contributed by atoms with E-state index in [2.05, 4.69) is 26.6 Å². The quantitative estimate of drug-likeness (QED) is 0.876. The molecule has 0 fully saturated rings. The summed E-state index contributed by atoms with van der Waals surface area (Å²) >= 11 is 3.33. The monoisotopic (exact) mass is 298 g/mol. The normalized spacial score (nSPS) is 9.76. The topological polar surface area (TPSA) is 58.2 Å². The van der Waals surface area contributed by atoms with Gasteiger partial charge in [0, 0.05) is 10.9 Å². The van der Waals surface area contributed by atoms with Gasteiger partial charge in [-0.15, -0.1) is 0 Å². The third kappa shape index (κ3) is 4.99. The molecule has 0 spiro atoms. The molecule has 0 saturated heterocycles. The van der Waals surface area contributed by atoms with E-state index < -0.39 is 0 Å². The van der Waals surface area contributed by atoms with Crippen LogP contribution < -0.4 is 10.6 Å². The predicted octanol–water partition coefficient (Wildman–Crippen LogP) is 2.30. The number of amides is 2. The Hall–Kier alpha value is -1.36.